The van der Waals surface area contributed by atoms with E-state index in [9.17, 15) is 15.3 Å². The molecule has 0 saturated carbocycles. The minimum atomic E-state index is -1.03. The molecule has 3 aromatic carbocycles. The van der Waals surface area contributed by atoms with Gasteiger partial charge in [0.15, 0.2) is 0 Å². The number of carbonyl (C=O) groups excluding carboxylic acids is 1. The van der Waals surface area contributed by atoms with E-state index in [1.165, 1.54) is 16.3 Å². The molecule has 1 aliphatic heterocycles. The van der Waals surface area contributed by atoms with Gasteiger partial charge in [0.25, 0.3) is 5.91 Å². The lowest BCUT2D eigenvalue weighted by molar-refractivity contribution is -0.120. The average molecular weight is 488 g/mol. The van der Waals surface area contributed by atoms with Crippen molar-refractivity contribution in [3.05, 3.63) is 107 Å². The highest BCUT2D eigenvalue weighted by atomic mass is 32.1. The minimum absolute atomic E-state index is 0.303. The van der Waals surface area contributed by atoms with Crippen molar-refractivity contribution in [2.75, 3.05) is 5.01 Å². The van der Waals surface area contributed by atoms with E-state index < -0.39 is 17.8 Å². The zero-order valence-electron chi connectivity index (χ0n) is 19.4. The lowest BCUT2D eigenvalue weighted by atomic mass is 9.74. The molecule has 0 bridgehead atoms. The second-order valence-electron chi connectivity index (χ2n) is 8.53. The Hall–Kier alpha value is -4.59. The molecule has 5 rings (SSSR count). The van der Waals surface area contributed by atoms with E-state index in [1.54, 1.807) is 0 Å². The Labute approximate surface area is 213 Å². The summed E-state index contributed by atoms with van der Waals surface area (Å²) in [5, 5.41) is 28.1. The fourth-order valence-corrected chi connectivity index (χ4v) is 5.22. The van der Waals surface area contributed by atoms with Gasteiger partial charge < -0.3 is 0 Å². The van der Waals surface area contributed by atoms with Crippen molar-refractivity contribution in [1.29, 1.82) is 10.5 Å². The number of aromatic nitrogens is 1. The van der Waals surface area contributed by atoms with Crippen molar-refractivity contribution in [2.45, 2.75) is 12.8 Å². The van der Waals surface area contributed by atoms with Gasteiger partial charge in [-0.3, -0.25) is 4.79 Å². The van der Waals surface area contributed by atoms with Gasteiger partial charge in [0, 0.05) is 16.9 Å². The molecule has 36 heavy (non-hydrogen) atoms. The molecule has 1 amide bonds. The second-order valence-corrected chi connectivity index (χ2v) is 9.37. The van der Waals surface area contributed by atoms with Crippen molar-refractivity contribution >= 4 is 28.1 Å². The molecule has 0 radical (unpaired) electrons. The van der Waals surface area contributed by atoms with Crippen molar-refractivity contribution in [2.24, 2.45) is 16.9 Å². The Bertz CT molecular complexity index is 1480. The predicted octanol–water partition coefficient (Wildman–Crippen LogP) is 5.93. The molecule has 0 unspecified atom stereocenters. The van der Waals surface area contributed by atoms with Crippen LogP contribution >= 0.6 is 11.3 Å². The third-order valence-corrected chi connectivity index (χ3v) is 7.06. The monoisotopic (exact) mass is 487 g/mol. The van der Waals surface area contributed by atoms with Crippen LogP contribution in [0.15, 0.2) is 95.4 Å². The van der Waals surface area contributed by atoms with Gasteiger partial charge in [0.1, 0.15) is 5.92 Å². The van der Waals surface area contributed by atoms with Crippen LogP contribution in [0.2, 0.25) is 0 Å². The number of hydrazone groups is 1. The Balaban J connectivity index is 1.60. The Kier molecular flexibility index (Phi) is 6.40. The highest BCUT2D eigenvalue weighted by Gasteiger charge is 2.47. The van der Waals surface area contributed by atoms with Crippen LogP contribution < -0.4 is 5.01 Å². The number of amides is 1. The normalized spacial score (nSPS) is 15.9. The summed E-state index contributed by atoms with van der Waals surface area (Å²) in [7, 11) is 0. The smallest absolute Gasteiger partial charge is 0.259 e. The summed E-state index contributed by atoms with van der Waals surface area (Å²) < 4.78 is 0. The third kappa shape index (κ3) is 4.29. The quantitative estimate of drug-likeness (QED) is 0.337. The predicted molar refractivity (Wildman–Crippen MR) is 140 cm³/mol. The number of aryl methyl sites for hydroxylation is 1. The molecule has 7 heteroatoms. The highest BCUT2D eigenvalue weighted by molar-refractivity contribution is 7.14. The van der Waals surface area contributed by atoms with Gasteiger partial charge >= 0.3 is 0 Å². The third-order valence-electron chi connectivity index (χ3n) is 6.25. The van der Waals surface area contributed by atoms with Crippen LogP contribution in [0.25, 0.3) is 11.3 Å². The van der Waals surface area contributed by atoms with Crippen LogP contribution in [-0.2, 0) is 4.79 Å². The molecule has 1 aromatic heterocycles. The van der Waals surface area contributed by atoms with Gasteiger partial charge in [-0.25, -0.2) is 4.98 Å². The molecule has 0 spiro atoms. The maximum absolute atomic E-state index is 14.0. The molecule has 2 heterocycles. The van der Waals surface area contributed by atoms with Crippen molar-refractivity contribution in [3.8, 4) is 23.4 Å². The number of rotatable bonds is 6. The maximum atomic E-state index is 14.0. The van der Waals surface area contributed by atoms with Crippen LogP contribution in [0, 0.1) is 41.4 Å². The fourth-order valence-electron chi connectivity index (χ4n) is 4.44. The summed E-state index contributed by atoms with van der Waals surface area (Å²) in [4.78, 5) is 18.7. The number of benzene rings is 3. The van der Waals surface area contributed by atoms with Crippen LogP contribution in [0.5, 0.6) is 0 Å². The Morgan fingerprint density at radius 3 is 2.17 bits per heavy atom. The number of anilines is 1. The summed E-state index contributed by atoms with van der Waals surface area (Å²) >= 11 is 1.33. The molecule has 0 aliphatic carbocycles. The van der Waals surface area contributed by atoms with E-state index in [-0.39, 0.29) is 5.91 Å². The number of thiazole rings is 1. The van der Waals surface area contributed by atoms with Gasteiger partial charge in [-0.05, 0) is 18.1 Å². The fraction of sp³-hybridized carbons (Fsp3) is 0.138. The van der Waals surface area contributed by atoms with Gasteiger partial charge in [-0.1, -0.05) is 90.5 Å². The number of nitrogens with zero attached hydrogens (tertiary/aromatic N) is 5. The minimum Gasteiger partial charge on any atom is -0.272 e. The molecule has 0 saturated heterocycles. The Morgan fingerprint density at radius 2 is 1.53 bits per heavy atom. The van der Waals surface area contributed by atoms with Gasteiger partial charge in [-0.2, -0.15) is 20.6 Å². The topological polar surface area (TPSA) is 93.1 Å². The first-order valence-electron chi connectivity index (χ1n) is 11.5. The number of hydrogen-bond donors (Lipinski definition) is 0. The lowest BCUT2D eigenvalue weighted by Crippen LogP contribution is -2.35. The van der Waals surface area contributed by atoms with Crippen LogP contribution in [0.3, 0.4) is 0 Å². The van der Waals surface area contributed by atoms with Gasteiger partial charge in [-0.15, -0.1) is 11.3 Å². The lowest BCUT2D eigenvalue weighted by Gasteiger charge is -2.25. The molecular formula is C29H21N5OS. The van der Waals surface area contributed by atoms with Crippen molar-refractivity contribution < 1.29 is 4.79 Å². The molecule has 4 aromatic rings. The molecule has 6 nitrogen and oxygen atoms in total. The van der Waals surface area contributed by atoms with E-state index >= 15 is 0 Å². The number of nitriles is 2. The first kappa shape index (κ1) is 23.2. The summed E-state index contributed by atoms with van der Waals surface area (Å²) in [5.74, 6) is -2.84. The van der Waals surface area contributed by atoms with E-state index in [0.29, 0.717) is 10.8 Å². The summed E-state index contributed by atoms with van der Waals surface area (Å²) in [5.41, 5.74) is 4.90. The first-order valence-corrected chi connectivity index (χ1v) is 12.3. The molecular weight excluding hydrogens is 466 g/mol. The van der Waals surface area contributed by atoms with E-state index in [0.717, 1.165) is 27.9 Å². The van der Waals surface area contributed by atoms with Gasteiger partial charge in [0.2, 0.25) is 5.13 Å². The van der Waals surface area contributed by atoms with Crippen molar-refractivity contribution in [1.82, 2.24) is 4.98 Å². The SMILES string of the molecule is Cc1ccc(-c2csc(N3N=C(c4ccccc4)[C@@H]([C@@H](c4ccccc4)C(C#N)C#N)C3=O)n2)cc1. The summed E-state index contributed by atoms with van der Waals surface area (Å²) in [6, 6.07) is 30.9. The standard InChI is InChI=1S/C29H21N5OS/c1-19-12-14-20(15-13-19)24-18-36-29(32-24)34-28(35)26(27(33-34)22-10-6-3-7-11-22)25(23(16-30)17-31)21-8-4-2-5-9-21/h2-15,18,23,25-26H,1H3/t25-,26+/m0/s1. The number of hydrogen-bond acceptors (Lipinski definition) is 6. The number of carbonyl (C=O) groups is 1. The zero-order valence-corrected chi connectivity index (χ0v) is 20.3. The van der Waals surface area contributed by atoms with Crippen LogP contribution in [0.4, 0.5) is 5.13 Å². The van der Waals surface area contributed by atoms with Crippen LogP contribution in [-0.4, -0.2) is 16.6 Å². The van der Waals surface area contributed by atoms with E-state index in [2.05, 4.69) is 12.1 Å². The van der Waals surface area contributed by atoms with Crippen molar-refractivity contribution in [3.63, 3.8) is 0 Å². The zero-order chi connectivity index (χ0) is 25.1. The average Bonchev–Trinajstić information content (AvgIpc) is 3.53. The molecule has 0 fully saturated rings. The largest absolute Gasteiger partial charge is 0.272 e. The molecule has 0 N–H and O–H groups in total. The summed E-state index contributed by atoms with van der Waals surface area (Å²) in [6.07, 6.45) is 0. The van der Waals surface area contributed by atoms with E-state index in [4.69, 9.17) is 10.1 Å². The summed E-state index contributed by atoms with van der Waals surface area (Å²) in [6.45, 7) is 2.03. The molecule has 1 aliphatic rings. The molecule has 174 valence electrons. The maximum Gasteiger partial charge on any atom is 0.259 e. The Morgan fingerprint density at radius 1 is 0.889 bits per heavy atom. The first-order chi connectivity index (χ1) is 17.6. The highest BCUT2D eigenvalue weighted by Crippen LogP contribution is 2.41. The van der Waals surface area contributed by atoms with Gasteiger partial charge in [0.05, 0.1) is 29.5 Å². The van der Waals surface area contributed by atoms with Crippen LogP contribution in [0.1, 0.15) is 22.6 Å². The van der Waals surface area contributed by atoms with E-state index in [1.807, 2.05) is 97.2 Å². The molecule has 2 atom stereocenters. The second kappa shape index (κ2) is 9.95.